The third-order valence-corrected chi connectivity index (χ3v) is 3.09. The van der Waals surface area contributed by atoms with Crippen LogP contribution in [0.5, 0.6) is 5.75 Å². The molecule has 2 N–H and O–H groups in total. The van der Waals surface area contributed by atoms with Crippen LogP contribution in [0.15, 0.2) is 34.9 Å². The summed E-state index contributed by atoms with van der Waals surface area (Å²) < 4.78 is 6.23. The second-order valence-electron chi connectivity index (χ2n) is 4.00. The Hall–Kier alpha value is -1.82. The third kappa shape index (κ3) is 3.84. The quantitative estimate of drug-likeness (QED) is 0.839. The Morgan fingerprint density at radius 3 is 2.60 bits per heavy atom. The Labute approximate surface area is 126 Å². The Kier molecular flexibility index (Phi) is 5.17. The monoisotopic (exact) mass is 336 g/mol. The van der Waals surface area contributed by atoms with E-state index in [4.69, 9.17) is 4.74 Å². The van der Waals surface area contributed by atoms with Crippen molar-refractivity contribution in [2.45, 2.75) is 13.8 Å². The molecule has 0 aliphatic rings. The molecule has 0 fully saturated rings. The van der Waals surface area contributed by atoms with Gasteiger partial charge in [0.2, 0.25) is 5.95 Å². The number of rotatable bonds is 6. The first kappa shape index (κ1) is 14.6. The summed E-state index contributed by atoms with van der Waals surface area (Å²) in [5, 5.41) is 6.33. The van der Waals surface area contributed by atoms with E-state index in [1.807, 2.05) is 38.1 Å². The van der Waals surface area contributed by atoms with Crippen LogP contribution in [0.25, 0.3) is 0 Å². The summed E-state index contributed by atoms with van der Waals surface area (Å²) >= 11 is 3.44. The van der Waals surface area contributed by atoms with Crippen LogP contribution in [0.4, 0.5) is 17.5 Å². The van der Waals surface area contributed by atoms with E-state index in [-0.39, 0.29) is 0 Å². The number of ether oxygens (including phenoxy) is 1. The molecule has 0 unspecified atom stereocenters. The molecule has 5 nitrogen and oxygen atoms in total. The number of nitrogens with zero attached hydrogens (tertiary/aromatic N) is 2. The topological polar surface area (TPSA) is 59.1 Å². The van der Waals surface area contributed by atoms with Crippen molar-refractivity contribution in [3.8, 4) is 5.75 Å². The fraction of sp³-hybridized carbons (Fsp3) is 0.286. The van der Waals surface area contributed by atoms with Crippen molar-refractivity contribution >= 4 is 33.4 Å². The van der Waals surface area contributed by atoms with Gasteiger partial charge in [-0.1, -0.05) is 0 Å². The standard InChI is InChI=1S/C14H17BrN4O/c1-3-16-14-17-9-12(15)13(19-14)18-10-5-7-11(8-6-10)20-4-2/h5-9H,3-4H2,1-2H3,(H2,16,17,18,19). The predicted octanol–water partition coefficient (Wildman–Crippen LogP) is 3.81. The van der Waals surface area contributed by atoms with Gasteiger partial charge in [0, 0.05) is 18.4 Å². The van der Waals surface area contributed by atoms with Gasteiger partial charge in [-0.3, -0.25) is 0 Å². The van der Waals surface area contributed by atoms with Crippen LogP contribution in [-0.2, 0) is 0 Å². The lowest BCUT2D eigenvalue weighted by atomic mass is 10.3. The number of halogens is 1. The van der Waals surface area contributed by atoms with Gasteiger partial charge >= 0.3 is 0 Å². The van der Waals surface area contributed by atoms with Crippen molar-refractivity contribution in [2.24, 2.45) is 0 Å². The highest BCUT2D eigenvalue weighted by molar-refractivity contribution is 9.10. The summed E-state index contributed by atoms with van der Waals surface area (Å²) in [6, 6.07) is 7.75. The van der Waals surface area contributed by atoms with Crippen molar-refractivity contribution in [3.05, 3.63) is 34.9 Å². The molecule has 20 heavy (non-hydrogen) atoms. The van der Waals surface area contributed by atoms with E-state index in [0.717, 1.165) is 28.3 Å². The molecule has 0 aliphatic heterocycles. The van der Waals surface area contributed by atoms with Crippen molar-refractivity contribution in [1.82, 2.24) is 9.97 Å². The zero-order chi connectivity index (χ0) is 14.4. The summed E-state index contributed by atoms with van der Waals surface area (Å²) in [5.41, 5.74) is 0.940. The first-order chi connectivity index (χ1) is 9.72. The van der Waals surface area contributed by atoms with Crippen LogP contribution >= 0.6 is 15.9 Å². The minimum Gasteiger partial charge on any atom is -0.494 e. The van der Waals surface area contributed by atoms with Gasteiger partial charge < -0.3 is 15.4 Å². The lowest BCUT2D eigenvalue weighted by Gasteiger charge is -2.10. The van der Waals surface area contributed by atoms with Gasteiger partial charge in [0.1, 0.15) is 11.6 Å². The maximum Gasteiger partial charge on any atom is 0.224 e. The Balaban J connectivity index is 2.14. The Morgan fingerprint density at radius 2 is 1.95 bits per heavy atom. The maximum absolute atomic E-state index is 5.41. The zero-order valence-electron chi connectivity index (χ0n) is 11.5. The lowest BCUT2D eigenvalue weighted by molar-refractivity contribution is 0.340. The first-order valence-corrected chi connectivity index (χ1v) is 7.28. The highest BCUT2D eigenvalue weighted by Gasteiger charge is 2.05. The highest BCUT2D eigenvalue weighted by Crippen LogP contribution is 2.25. The van der Waals surface area contributed by atoms with Gasteiger partial charge in [-0.05, 0) is 54.0 Å². The van der Waals surface area contributed by atoms with Crippen LogP contribution in [0.1, 0.15) is 13.8 Å². The minimum absolute atomic E-state index is 0.601. The van der Waals surface area contributed by atoms with E-state index < -0.39 is 0 Å². The van der Waals surface area contributed by atoms with Crippen LogP contribution in [0.3, 0.4) is 0 Å². The normalized spacial score (nSPS) is 10.2. The molecule has 1 aromatic carbocycles. The molecular formula is C14H17BrN4O. The van der Waals surface area contributed by atoms with E-state index in [1.165, 1.54) is 0 Å². The molecule has 0 bridgehead atoms. The molecule has 0 amide bonds. The number of aromatic nitrogens is 2. The van der Waals surface area contributed by atoms with Gasteiger partial charge in [-0.25, -0.2) is 4.98 Å². The fourth-order valence-electron chi connectivity index (χ4n) is 1.64. The van der Waals surface area contributed by atoms with Crippen LogP contribution in [0, 0.1) is 0 Å². The van der Waals surface area contributed by atoms with Crippen molar-refractivity contribution in [3.63, 3.8) is 0 Å². The molecule has 0 saturated carbocycles. The average Bonchev–Trinajstić information content (AvgIpc) is 2.45. The average molecular weight is 337 g/mol. The molecule has 0 aliphatic carbocycles. The fourth-order valence-corrected chi connectivity index (χ4v) is 1.93. The first-order valence-electron chi connectivity index (χ1n) is 6.49. The van der Waals surface area contributed by atoms with Crippen LogP contribution in [-0.4, -0.2) is 23.1 Å². The summed E-state index contributed by atoms with van der Waals surface area (Å²) in [5.74, 6) is 2.18. The van der Waals surface area contributed by atoms with Gasteiger partial charge in [-0.2, -0.15) is 4.98 Å². The molecule has 0 radical (unpaired) electrons. The van der Waals surface area contributed by atoms with Gasteiger partial charge in [0.25, 0.3) is 0 Å². The molecule has 0 atom stereocenters. The molecule has 2 rings (SSSR count). The molecule has 6 heteroatoms. The van der Waals surface area contributed by atoms with E-state index in [0.29, 0.717) is 12.6 Å². The number of hydrogen-bond donors (Lipinski definition) is 2. The van der Waals surface area contributed by atoms with Gasteiger partial charge in [0.05, 0.1) is 11.1 Å². The highest BCUT2D eigenvalue weighted by atomic mass is 79.9. The smallest absolute Gasteiger partial charge is 0.224 e. The summed E-state index contributed by atoms with van der Waals surface area (Å²) in [6.45, 7) is 5.41. The van der Waals surface area contributed by atoms with Crippen molar-refractivity contribution in [1.29, 1.82) is 0 Å². The van der Waals surface area contributed by atoms with E-state index in [1.54, 1.807) is 6.20 Å². The predicted molar refractivity (Wildman–Crippen MR) is 84.8 cm³/mol. The molecule has 0 spiro atoms. The number of nitrogens with one attached hydrogen (secondary N) is 2. The maximum atomic E-state index is 5.41. The summed E-state index contributed by atoms with van der Waals surface area (Å²) in [6.07, 6.45) is 1.72. The molecule has 0 saturated heterocycles. The van der Waals surface area contributed by atoms with Crippen LogP contribution in [0.2, 0.25) is 0 Å². The number of anilines is 3. The largest absolute Gasteiger partial charge is 0.494 e. The minimum atomic E-state index is 0.601. The number of benzene rings is 1. The van der Waals surface area contributed by atoms with E-state index >= 15 is 0 Å². The number of hydrogen-bond acceptors (Lipinski definition) is 5. The van der Waals surface area contributed by atoms with Gasteiger partial charge in [0.15, 0.2) is 0 Å². The van der Waals surface area contributed by atoms with Crippen molar-refractivity contribution < 1.29 is 4.74 Å². The Morgan fingerprint density at radius 1 is 1.20 bits per heavy atom. The molecular weight excluding hydrogens is 320 g/mol. The Bertz CT molecular complexity index is 560. The van der Waals surface area contributed by atoms with Gasteiger partial charge in [-0.15, -0.1) is 0 Å². The SMILES string of the molecule is CCNc1ncc(Br)c(Nc2ccc(OCC)cc2)n1. The molecule has 2 aromatic rings. The summed E-state index contributed by atoms with van der Waals surface area (Å²) in [4.78, 5) is 8.58. The molecule has 106 valence electrons. The van der Waals surface area contributed by atoms with E-state index in [9.17, 15) is 0 Å². The molecule has 1 heterocycles. The molecule has 1 aromatic heterocycles. The van der Waals surface area contributed by atoms with E-state index in [2.05, 4.69) is 36.5 Å². The third-order valence-electron chi connectivity index (χ3n) is 2.51. The van der Waals surface area contributed by atoms with Crippen molar-refractivity contribution in [2.75, 3.05) is 23.8 Å². The second kappa shape index (κ2) is 7.09. The zero-order valence-corrected chi connectivity index (χ0v) is 13.1. The summed E-state index contributed by atoms with van der Waals surface area (Å²) in [7, 11) is 0. The second-order valence-corrected chi connectivity index (χ2v) is 4.86. The lowest BCUT2D eigenvalue weighted by Crippen LogP contribution is -2.04. The van der Waals surface area contributed by atoms with Crippen LogP contribution < -0.4 is 15.4 Å².